The highest BCUT2D eigenvalue weighted by atomic mass is 19.4. The van der Waals surface area contributed by atoms with E-state index in [4.69, 9.17) is 0 Å². The van der Waals surface area contributed by atoms with E-state index in [1.807, 2.05) is 6.92 Å². The third kappa shape index (κ3) is 3.37. The van der Waals surface area contributed by atoms with Crippen molar-refractivity contribution in [2.75, 3.05) is 20.1 Å². The zero-order chi connectivity index (χ0) is 11.6. The Labute approximate surface area is 86.6 Å². The first-order chi connectivity index (χ1) is 6.81. The molecule has 0 aromatic heterocycles. The fourth-order valence-corrected chi connectivity index (χ4v) is 1.75. The van der Waals surface area contributed by atoms with Gasteiger partial charge in [0.05, 0.1) is 6.04 Å². The number of halogens is 3. The molecular formula is C9H15F3N2O. The average molecular weight is 224 g/mol. The summed E-state index contributed by atoms with van der Waals surface area (Å²) < 4.78 is 36.1. The number of nitrogens with one attached hydrogen (secondary N) is 1. The molecule has 3 nitrogen and oxygen atoms in total. The number of hydrogen-bond acceptors (Lipinski definition) is 2. The molecule has 6 heteroatoms. The fraction of sp³-hybridized carbons (Fsp3) is 0.889. The van der Waals surface area contributed by atoms with Gasteiger partial charge in [-0.1, -0.05) is 6.92 Å². The molecule has 1 saturated heterocycles. The maximum atomic E-state index is 12.0. The molecular weight excluding hydrogens is 209 g/mol. The second-order valence-electron chi connectivity index (χ2n) is 4.01. The van der Waals surface area contributed by atoms with Crippen LogP contribution in [-0.4, -0.2) is 43.2 Å². The maximum Gasteiger partial charge on any atom is 0.406 e. The highest BCUT2D eigenvalue weighted by Gasteiger charge is 2.36. The average Bonchev–Trinajstić information content (AvgIpc) is 2.47. The smallest absolute Gasteiger partial charge is 0.335 e. The normalized spacial score (nSPS) is 26.7. The van der Waals surface area contributed by atoms with Crippen molar-refractivity contribution in [3.05, 3.63) is 0 Å². The van der Waals surface area contributed by atoms with Crippen LogP contribution in [0.1, 0.15) is 13.3 Å². The zero-order valence-corrected chi connectivity index (χ0v) is 8.77. The Balaban J connectivity index is 2.52. The van der Waals surface area contributed by atoms with Crippen LogP contribution in [0.25, 0.3) is 0 Å². The van der Waals surface area contributed by atoms with Gasteiger partial charge in [-0.3, -0.25) is 4.79 Å². The van der Waals surface area contributed by atoms with Gasteiger partial charge in [-0.15, -0.1) is 0 Å². The molecule has 2 atom stereocenters. The topological polar surface area (TPSA) is 32.3 Å². The Morgan fingerprint density at radius 1 is 1.53 bits per heavy atom. The number of rotatable bonds is 2. The van der Waals surface area contributed by atoms with Crippen molar-refractivity contribution in [1.82, 2.24) is 10.2 Å². The molecule has 0 spiro atoms. The van der Waals surface area contributed by atoms with E-state index in [9.17, 15) is 18.0 Å². The van der Waals surface area contributed by atoms with E-state index < -0.39 is 24.7 Å². The van der Waals surface area contributed by atoms with Gasteiger partial charge in [-0.25, -0.2) is 0 Å². The van der Waals surface area contributed by atoms with Gasteiger partial charge in [0.15, 0.2) is 0 Å². The standard InChI is InChI=1S/C9H15F3N2O/c1-6-3-4-13-7(6)8(15)14(2)5-9(10,11)12/h6-7,13H,3-5H2,1-2H3. The number of likely N-dealkylation sites (N-methyl/N-ethyl adjacent to an activating group) is 1. The second-order valence-corrected chi connectivity index (χ2v) is 4.01. The van der Waals surface area contributed by atoms with Gasteiger partial charge in [0.25, 0.3) is 0 Å². The molecule has 0 saturated carbocycles. The summed E-state index contributed by atoms with van der Waals surface area (Å²) in [6, 6.07) is -0.461. The number of amides is 1. The first-order valence-electron chi connectivity index (χ1n) is 4.86. The zero-order valence-electron chi connectivity index (χ0n) is 8.77. The van der Waals surface area contributed by atoms with Crippen LogP contribution in [0.15, 0.2) is 0 Å². The summed E-state index contributed by atoms with van der Waals surface area (Å²) in [5.41, 5.74) is 0. The number of carbonyl (C=O) groups is 1. The molecule has 0 aromatic carbocycles. The monoisotopic (exact) mass is 224 g/mol. The van der Waals surface area contributed by atoms with Crippen molar-refractivity contribution < 1.29 is 18.0 Å². The molecule has 0 bridgehead atoms. The molecule has 0 radical (unpaired) electrons. The molecule has 1 amide bonds. The Morgan fingerprint density at radius 3 is 2.53 bits per heavy atom. The number of alkyl halides is 3. The molecule has 1 N–H and O–H groups in total. The van der Waals surface area contributed by atoms with Crippen molar-refractivity contribution in [3.63, 3.8) is 0 Å². The molecule has 1 aliphatic rings. The van der Waals surface area contributed by atoms with E-state index in [0.717, 1.165) is 11.3 Å². The summed E-state index contributed by atoms with van der Waals surface area (Å²) in [6.45, 7) is 1.37. The molecule has 1 fully saturated rings. The lowest BCUT2D eigenvalue weighted by Crippen LogP contribution is -2.47. The van der Waals surface area contributed by atoms with Crippen LogP contribution in [0.3, 0.4) is 0 Å². The van der Waals surface area contributed by atoms with Crippen LogP contribution < -0.4 is 5.32 Å². The third-order valence-electron chi connectivity index (χ3n) is 2.59. The summed E-state index contributed by atoms with van der Waals surface area (Å²) in [5, 5.41) is 2.91. The van der Waals surface area contributed by atoms with E-state index in [-0.39, 0.29) is 5.92 Å². The highest BCUT2D eigenvalue weighted by Crippen LogP contribution is 2.19. The summed E-state index contributed by atoms with van der Waals surface area (Å²) in [6.07, 6.45) is -3.50. The van der Waals surface area contributed by atoms with Gasteiger partial charge < -0.3 is 10.2 Å². The van der Waals surface area contributed by atoms with Crippen molar-refractivity contribution in [1.29, 1.82) is 0 Å². The van der Waals surface area contributed by atoms with Crippen LogP contribution in [-0.2, 0) is 4.79 Å². The lowest BCUT2D eigenvalue weighted by molar-refractivity contribution is -0.159. The lowest BCUT2D eigenvalue weighted by atomic mass is 10.0. The minimum Gasteiger partial charge on any atom is -0.335 e. The molecule has 88 valence electrons. The predicted molar refractivity (Wildman–Crippen MR) is 49.3 cm³/mol. The Kier molecular flexibility index (Phi) is 3.59. The summed E-state index contributed by atoms with van der Waals surface area (Å²) >= 11 is 0. The number of carbonyl (C=O) groups excluding carboxylic acids is 1. The van der Waals surface area contributed by atoms with Crippen LogP contribution in [0, 0.1) is 5.92 Å². The third-order valence-corrected chi connectivity index (χ3v) is 2.59. The van der Waals surface area contributed by atoms with Gasteiger partial charge in [0, 0.05) is 7.05 Å². The molecule has 1 aliphatic heterocycles. The number of hydrogen-bond donors (Lipinski definition) is 1. The number of nitrogens with zero attached hydrogens (tertiary/aromatic N) is 1. The molecule has 1 rings (SSSR count). The molecule has 0 aromatic rings. The maximum absolute atomic E-state index is 12.0. The van der Waals surface area contributed by atoms with Gasteiger partial charge in [-0.05, 0) is 18.9 Å². The molecule has 2 unspecified atom stereocenters. The first-order valence-corrected chi connectivity index (χ1v) is 4.86. The Hall–Kier alpha value is -0.780. The summed E-state index contributed by atoms with van der Waals surface area (Å²) in [7, 11) is 1.18. The van der Waals surface area contributed by atoms with Crippen LogP contribution >= 0.6 is 0 Å². The van der Waals surface area contributed by atoms with E-state index in [2.05, 4.69) is 5.32 Å². The largest absolute Gasteiger partial charge is 0.406 e. The van der Waals surface area contributed by atoms with E-state index in [1.54, 1.807) is 0 Å². The van der Waals surface area contributed by atoms with Crippen molar-refractivity contribution >= 4 is 5.91 Å². The van der Waals surface area contributed by atoms with Crippen LogP contribution in [0.2, 0.25) is 0 Å². The van der Waals surface area contributed by atoms with Crippen molar-refractivity contribution in [2.24, 2.45) is 5.92 Å². The predicted octanol–water partition coefficient (Wildman–Crippen LogP) is 1.01. The van der Waals surface area contributed by atoms with Crippen LogP contribution in [0.4, 0.5) is 13.2 Å². The van der Waals surface area contributed by atoms with Gasteiger partial charge in [0.1, 0.15) is 6.54 Å². The lowest BCUT2D eigenvalue weighted by Gasteiger charge is -2.24. The minimum atomic E-state index is -4.33. The fourth-order valence-electron chi connectivity index (χ4n) is 1.75. The molecule has 15 heavy (non-hydrogen) atoms. The van der Waals surface area contributed by atoms with Gasteiger partial charge >= 0.3 is 6.18 Å². The first kappa shape index (κ1) is 12.3. The van der Waals surface area contributed by atoms with Crippen molar-refractivity contribution in [2.45, 2.75) is 25.6 Å². The van der Waals surface area contributed by atoms with Gasteiger partial charge in [-0.2, -0.15) is 13.2 Å². The minimum absolute atomic E-state index is 0.105. The van der Waals surface area contributed by atoms with E-state index in [1.165, 1.54) is 7.05 Å². The second kappa shape index (κ2) is 4.38. The molecule has 1 heterocycles. The Bertz CT molecular complexity index is 242. The van der Waals surface area contributed by atoms with Crippen LogP contribution in [0.5, 0.6) is 0 Å². The van der Waals surface area contributed by atoms with Crippen molar-refractivity contribution in [3.8, 4) is 0 Å². The SMILES string of the molecule is CC1CCNC1C(=O)N(C)CC(F)(F)F. The van der Waals surface area contributed by atoms with Gasteiger partial charge in [0.2, 0.25) is 5.91 Å². The highest BCUT2D eigenvalue weighted by molar-refractivity contribution is 5.82. The summed E-state index contributed by atoms with van der Waals surface area (Å²) in [4.78, 5) is 12.3. The van der Waals surface area contributed by atoms with E-state index in [0.29, 0.717) is 6.54 Å². The van der Waals surface area contributed by atoms with E-state index >= 15 is 0 Å². The quantitative estimate of drug-likeness (QED) is 0.759. The summed E-state index contributed by atoms with van der Waals surface area (Å²) in [5.74, 6) is -0.370. The Morgan fingerprint density at radius 2 is 2.13 bits per heavy atom. The molecule has 0 aliphatic carbocycles.